The summed E-state index contributed by atoms with van der Waals surface area (Å²) in [6.45, 7) is 0. The van der Waals surface area contributed by atoms with Gasteiger partial charge in [-0.1, -0.05) is 0 Å². The molecule has 5 heteroatoms. The van der Waals surface area contributed by atoms with E-state index in [-0.39, 0.29) is 0 Å². The predicted octanol–water partition coefficient (Wildman–Crippen LogP) is -1.15. The van der Waals surface area contributed by atoms with Crippen LogP contribution in [0.4, 0.5) is 0 Å². The Labute approximate surface area is 44.9 Å². The highest BCUT2D eigenvalue weighted by Gasteiger charge is 1.80. The van der Waals surface area contributed by atoms with Crippen LogP contribution in [0.15, 0.2) is 0 Å². The van der Waals surface area contributed by atoms with Gasteiger partial charge < -0.3 is 4.55 Å². The summed E-state index contributed by atoms with van der Waals surface area (Å²) in [6, 6.07) is 0. The summed E-state index contributed by atoms with van der Waals surface area (Å²) in [6.07, 6.45) is 0. The summed E-state index contributed by atoms with van der Waals surface area (Å²) >= 11 is -2.17. The fourth-order valence-corrected chi connectivity index (χ4v) is 0.447. The average Bonchev–Trinajstić information content (AvgIpc) is 1.27. The van der Waals surface area contributed by atoms with E-state index in [0.717, 1.165) is 0 Å². The largest absolute Gasteiger partial charge is 0.759 e. The third kappa shape index (κ3) is 6.03. The third-order valence-electron chi connectivity index (χ3n) is 0.257. The second-order valence-electron chi connectivity index (χ2n) is 1.22. The molecule has 0 aromatic heterocycles. The van der Waals surface area contributed by atoms with E-state index in [1.54, 1.807) is 14.1 Å². The molecule has 0 aromatic carbocycles. The Morgan fingerprint density at radius 1 is 1.71 bits per heavy atom. The van der Waals surface area contributed by atoms with Crippen molar-refractivity contribution in [3.05, 3.63) is 0 Å². The fraction of sp³-hybridized carbons (Fsp3) is 1.00. The van der Waals surface area contributed by atoms with Crippen LogP contribution in [0.2, 0.25) is 0 Å². The van der Waals surface area contributed by atoms with Crippen LogP contribution in [0.5, 0.6) is 0 Å². The molecule has 1 N–H and O–H groups in total. The zero-order valence-electron chi connectivity index (χ0n) is 4.17. The minimum absolute atomic E-state index is 1.34. The van der Waals surface area contributed by atoms with Crippen LogP contribution < -0.4 is 4.83 Å². The lowest BCUT2D eigenvalue weighted by Gasteiger charge is -2.12. The molecule has 0 aliphatic heterocycles. The molecule has 0 heterocycles. The van der Waals surface area contributed by atoms with Crippen molar-refractivity contribution >= 4 is 11.3 Å². The van der Waals surface area contributed by atoms with Gasteiger partial charge in [0.25, 0.3) is 0 Å². The van der Waals surface area contributed by atoms with Gasteiger partial charge in [-0.3, -0.25) is 4.21 Å². The summed E-state index contributed by atoms with van der Waals surface area (Å²) in [5.74, 6) is 0. The highest BCUT2D eigenvalue weighted by atomic mass is 32.2. The number of nitrogens with zero attached hydrogens (tertiary/aromatic N) is 1. The van der Waals surface area contributed by atoms with Crippen molar-refractivity contribution in [2.75, 3.05) is 14.1 Å². The van der Waals surface area contributed by atoms with Crippen molar-refractivity contribution in [1.29, 1.82) is 0 Å². The van der Waals surface area contributed by atoms with Gasteiger partial charge in [0.15, 0.2) is 0 Å². The summed E-state index contributed by atoms with van der Waals surface area (Å²) in [7, 11) is 3.19. The van der Waals surface area contributed by atoms with E-state index in [4.69, 9.17) is 0 Å². The zero-order chi connectivity index (χ0) is 5.86. The third-order valence-corrected chi connectivity index (χ3v) is 0.771. The number of nitrogens with one attached hydrogen (secondary N) is 1. The van der Waals surface area contributed by atoms with Gasteiger partial charge in [-0.25, -0.2) is 5.01 Å². The molecule has 1 unspecified atom stereocenters. The first-order valence-corrected chi connectivity index (χ1v) is 2.73. The standard InChI is InChI=1S/C2H8N2O2S/c1-4(2)3-7(5)6/h3H,1-2H3,(H,5,6)/p-1. The average molecular weight is 123 g/mol. The molecule has 0 saturated carbocycles. The first kappa shape index (κ1) is 7.03. The van der Waals surface area contributed by atoms with Crippen LogP contribution >= 0.6 is 0 Å². The molecule has 0 amide bonds. The van der Waals surface area contributed by atoms with Crippen molar-refractivity contribution < 1.29 is 8.76 Å². The van der Waals surface area contributed by atoms with E-state index in [1.807, 2.05) is 0 Å². The second-order valence-corrected chi connectivity index (χ2v) is 1.87. The Morgan fingerprint density at radius 3 is 2.14 bits per heavy atom. The number of hydrogen-bond acceptors (Lipinski definition) is 3. The van der Waals surface area contributed by atoms with Crippen molar-refractivity contribution in [3.63, 3.8) is 0 Å². The Morgan fingerprint density at radius 2 is 2.14 bits per heavy atom. The molecule has 0 fully saturated rings. The molecule has 0 bridgehead atoms. The number of hydrazine groups is 1. The van der Waals surface area contributed by atoms with Crippen LogP contribution in [0.25, 0.3) is 0 Å². The molecule has 0 rings (SSSR count). The lowest BCUT2D eigenvalue weighted by molar-refractivity contribution is 0.354. The van der Waals surface area contributed by atoms with Crippen molar-refractivity contribution in [2.45, 2.75) is 0 Å². The quantitative estimate of drug-likeness (QED) is 0.372. The Balaban J connectivity index is 3.13. The van der Waals surface area contributed by atoms with E-state index in [9.17, 15) is 8.76 Å². The van der Waals surface area contributed by atoms with Gasteiger partial charge >= 0.3 is 0 Å². The fourth-order valence-electron chi connectivity index (χ4n) is 0.149. The van der Waals surface area contributed by atoms with Crippen LogP contribution in [-0.2, 0) is 11.3 Å². The summed E-state index contributed by atoms with van der Waals surface area (Å²) in [5.41, 5.74) is 0. The lowest BCUT2D eigenvalue weighted by Crippen LogP contribution is -2.31. The molecule has 0 aromatic rings. The van der Waals surface area contributed by atoms with Crippen LogP contribution in [-0.4, -0.2) is 27.9 Å². The normalized spacial score (nSPS) is 14.9. The van der Waals surface area contributed by atoms with E-state index >= 15 is 0 Å². The van der Waals surface area contributed by atoms with Crippen LogP contribution in [0.1, 0.15) is 0 Å². The monoisotopic (exact) mass is 123 g/mol. The minimum Gasteiger partial charge on any atom is -0.759 e. The Hall–Kier alpha value is 0.0300. The Kier molecular flexibility index (Phi) is 3.10. The summed E-state index contributed by atoms with van der Waals surface area (Å²) in [5, 5.41) is 1.34. The maximum atomic E-state index is 9.66. The predicted molar refractivity (Wildman–Crippen MR) is 25.7 cm³/mol. The molecule has 4 nitrogen and oxygen atoms in total. The maximum Gasteiger partial charge on any atom is 0.0326 e. The Bertz CT molecular complexity index is 74.1. The molecule has 1 atom stereocenters. The van der Waals surface area contributed by atoms with E-state index < -0.39 is 11.3 Å². The van der Waals surface area contributed by atoms with E-state index in [1.165, 1.54) is 5.01 Å². The highest BCUT2D eigenvalue weighted by Crippen LogP contribution is 1.63. The smallest absolute Gasteiger partial charge is 0.0326 e. The summed E-state index contributed by atoms with van der Waals surface area (Å²) < 4.78 is 19.3. The van der Waals surface area contributed by atoms with Crippen LogP contribution in [0.3, 0.4) is 0 Å². The van der Waals surface area contributed by atoms with Crippen LogP contribution in [0, 0.1) is 0 Å². The molecule has 7 heavy (non-hydrogen) atoms. The van der Waals surface area contributed by atoms with E-state index in [2.05, 4.69) is 4.83 Å². The number of hydrogen-bond donors (Lipinski definition) is 1. The van der Waals surface area contributed by atoms with Gasteiger partial charge in [0.2, 0.25) is 0 Å². The van der Waals surface area contributed by atoms with Gasteiger partial charge in [0, 0.05) is 25.4 Å². The minimum atomic E-state index is -2.17. The van der Waals surface area contributed by atoms with E-state index in [0.29, 0.717) is 0 Å². The first-order valence-electron chi connectivity index (χ1n) is 1.66. The molecule has 0 aliphatic rings. The molecular formula is C2H7N2O2S-. The topological polar surface area (TPSA) is 55.4 Å². The maximum absolute atomic E-state index is 9.66. The van der Waals surface area contributed by atoms with Crippen molar-refractivity contribution in [2.24, 2.45) is 0 Å². The summed E-state index contributed by atoms with van der Waals surface area (Å²) in [4.78, 5) is 2.06. The van der Waals surface area contributed by atoms with Gasteiger partial charge in [0.1, 0.15) is 0 Å². The zero-order valence-corrected chi connectivity index (χ0v) is 4.99. The second kappa shape index (κ2) is 3.09. The molecule has 44 valence electrons. The van der Waals surface area contributed by atoms with Gasteiger partial charge in [-0.05, 0) is 0 Å². The molecule has 0 saturated heterocycles. The highest BCUT2D eigenvalue weighted by molar-refractivity contribution is 7.76. The first-order chi connectivity index (χ1) is 3.13. The van der Waals surface area contributed by atoms with Gasteiger partial charge in [0.05, 0.1) is 0 Å². The van der Waals surface area contributed by atoms with Gasteiger partial charge in [-0.15, -0.1) is 0 Å². The molecule has 0 aliphatic carbocycles. The van der Waals surface area contributed by atoms with Crippen molar-refractivity contribution in [1.82, 2.24) is 9.84 Å². The molecule has 0 radical (unpaired) electrons. The van der Waals surface area contributed by atoms with Crippen molar-refractivity contribution in [3.8, 4) is 0 Å². The lowest BCUT2D eigenvalue weighted by atomic mass is 11.2. The molecule has 0 spiro atoms. The SMILES string of the molecule is CN(C)NS(=O)[O-]. The molecular weight excluding hydrogens is 116 g/mol. The number of rotatable bonds is 2. The van der Waals surface area contributed by atoms with Gasteiger partial charge in [-0.2, -0.15) is 4.83 Å².